The lowest BCUT2D eigenvalue weighted by atomic mass is 9.99. The van der Waals surface area contributed by atoms with Crippen molar-refractivity contribution in [2.24, 2.45) is 11.1 Å². The summed E-state index contributed by atoms with van der Waals surface area (Å²) in [4.78, 5) is 21.5. The van der Waals surface area contributed by atoms with E-state index in [2.05, 4.69) is 10.1 Å². The highest BCUT2D eigenvalue weighted by molar-refractivity contribution is 7.13. The highest BCUT2D eigenvalue weighted by Crippen LogP contribution is 2.24. The van der Waals surface area contributed by atoms with E-state index < -0.39 is 11.9 Å². The quantitative estimate of drug-likeness (QED) is 0.195. The van der Waals surface area contributed by atoms with Gasteiger partial charge in [-0.15, -0.1) is 11.3 Å². The number of thiazole rings is 1. The lowest BCUT2D eigenvalue weighted by Crippen LogP contribution is -2.15. The first-order chi connectivity index (χ1) is 17.1. The van der Waals surface area contributed by atoms with Gasteiger partial charge in [0.15, 0.2) is 0 Å². The minimum Gasteiger partial charge on any atom is -0.487 e. The van der Waals surface area contributed by atoms with E-state index in [1.165, 1.54) is 0 Å². The Morgan fingerprint density at radius 1 is 0.971 bits per heavy atom. The Labute approximate surface area is 208 Å². The fraction of sp³-hybridized carbons (Fsp3) is 0.179. The van der Waals surface area contributed by atoms with Crippen molar-refractivity contribution in [2.45, 2.75) is 26.6 Å². The number of nitrogens with zero attached hydrogens (tertiary/aromatic N) is 2. The molecule has 3 aromatic carbocycles. The second-order valence-electron chi connectivity index (χ2n) is 8.06. The van der Waals surface area contributed by atoms with Gasteiger partial charge in [0.2, 0.25) is 0 Å². The average molecular weight is 487 g/mol. The molecular formula is C28H26N2O4S. The maximum atomic E-state index is 11.3. The summed E-state index contributed by atoms with van der Waals surface area (Å²) in [6, 6.07) is 27.2. The van der Waals surface area contributed by atoms with Crippen LogP contribution in [-0.2, 0) is 22.8 Å². The molecule has 1 atom stereocenters. The molecular weight excluding hydrogens is 460 g/mol. The number of benzene rings is 3. The summed E-state index contributed by atoms with van der Waals surface area (Å²) in [6.07, 6.45) is 0.286. The van der Waals surface area contributed by atoms with Crippen molar-refractivity contribution < 1.29 is 19.5 Å². The first-order valence-corrected chi connectivity index (χ1v) is 12.1. The van der Waals surface area contributed by atoms with Gasteiger partial charge in [0.25, 0.3) is 0 Å². The van der Waals surface area contributed by atoms with Crippen LogP contribution in [0.5, 0.6) is 5.75 Å². The summed E-state index contributed by atoms with van der Waals surface area (Å²) < 4.78 is 5.88. The van der Waals surface area contributed by atoms with E-state index in [0.717, 1.165) is 33.1 Å². The van der Waals surface area contributed by atoms with Crippen molar-refractivity contribution in [3.8, 4) is 16.3 Å². The van der Waals surface area contributed by atoms with Crippen LogP contribution in [0.3, 0.4) is 0 Å². The summed E-state index contributed by atoms with van der Waals surface area (Å²) in [5.41, 5.74) is 4.38. The number of carboxylic acids is 1. The SMILES string of the molecule is CC(CC(=NOCc1ccc(OCc2csc(-c3ccccc3)n2)cc1)c1ccccc1)C(=O)O. The van der Waals surface area contributed by atoms with Gasteiger partial charge in [-0.05, 0) is 23.3 Å². The first-order valence-electron chi connectivity index (χ1n) is 11.3. The smallest absolute Gasteiger partial charge is 0.306 e. The summed E-state index contributed by atoms with van der Waals surface area (Å²) >= 11 is 1.60. The van der Waals surface area contributed by atoms with Crippen molar-refractivity contribution in [1.29, 1.82) is 0 Å². The minimum absolute atomic E-state index is 0.268. The Hall–Kier alpha value is -3.97. The summed E-state index contributed by atoms with van der Waals surface area (Å²) in [7, 11) is 0. The highest BCUT2D eigenvalue weighted by Gasteiger charge is 2.16. The largest absolute Gasteiger partial charge is 0.487 e. The fourth-order valence-electron chi connectivity index (χ4n) is 3.33. The molecule has 0 spiro atoms. The Morgan fingerprint density at radius 2 is 1.66 bits per heavy atom. The number of aliphatic carboxylic acids is 1. The van der Waals surface area contributed by atoms with E-state index in [1.807, 2.05) is 90.3 Å². The minimum atomic E-state index is -0.863. The maximum absolute atomic E-state index is 11.3. The van der Waals surface area contributed by atoms with Gasteiger partial charge in [-0.2, -0.15) is 0 Å². The van der Waals surface area contributed by atoms with Crippen molar-refractivity contribution in [3.05, 3.63) is 107 Å². The molecule has 178 valence electrons. The van der Waals surface area contributed by atoms with Gasteiger partial charge < -0.3 is 14.7 Å². The Kier molecular flexibility index (Phi) is 8.25. The van der Waals surface area contributed by atoms with E-state index in [1.54, 1.807) is 18.3 Å². The standard InChI is InChI=1S/C28H26N2O4S/c1-20(28(31)32)16-26(22-8-4-2-5-9-22)30-34-17-21-12-14-25(15-13-21)33-18-24-19-35-27(29-24)23-10-6-3-7-11-23/h2-15,19-20H,16-18H2,1H3,(H,31,32). The maximum Gasteiger partial charge on any atom is 0.306 e. The number of carboxylic acid groups (broad SMARTS) is 1. The molecule has 4 rings (SSSR count). The zero-order valence-electron chi connectivity index (χ0n) is 19.3. The number of carbonyl (C=O) groups is 1. The second kappa shape index (κ2) is 11.9. The molecule has 1 N–H and O–H groups in total. The molecule has 0 saturated carbocycles. The molecule has 4 aromatic rings. The third kappa shape index (κ3) is 7.01. The number of ether oxygens (including phenoxy) is 1. The first kappa shape index (κ1) is 24.2. The number of rotatable bonds is 11. The molecule has 0 aliphatic carbocycles. The molecule has 35 heavy (non-hydrogen) atoms. The monoisotopic (exact) mass is 486 g/mol. The van der Waals surface area contributed by atoms with Crippen LogP contribution < -0.4 is 4.74 Å². The predicted octanol–water partition coefficient (Wildman–Crippen LogP) is 6.42. The molecule has 0 aliphatic heterocycles. The van der Waals surface area contributed by atoms with Crippen LogP contribution in [0.1, 0.15) is 30.2 Å². The highest BCUT2D eigenvalue weighted by atomic mass is 32.1. The molecule has 0 saturated heterocycles. The molecule has 1 heterocycles. The number of aromatic nitrogens is 1. The van der Waals surface area contributed by atoms with Gasteiger partial charge in [0.05, 0.1) is 17.3 Å². The topological polar surface area (TPSA) is 81.0 Å². The van der Waals surface area contributed by atoms with E-state index in [9.17, 15) is 9.90 Å². The molecule has 6 nitrogen and oxygen atoms in total. The van der Waals surface area contributed by atoms with Crippen molar-refractivity contribution in [3.63, 3.8) is 0 Å². The van der Waals surface area contributed by atoms with Crippen LogP contribution in [0.4, 0.5) is 0 Å². The lowest BCUT2D eigenvalue weighted by molar-refractivity contribution is -0.140. The normalized spacial score (nSPS) is 12.2. The second-order valence-corrected chi connectivity index (χ2v) is 8.92. The van der Waals surface area contributed by atoms with Crippen LogP contribution in [0.15, 0.2) is 95.5 Å². The molecule has 0 fully saturated rings. The van der Waals surface area contributed by atoms with Crippen LogP contribution in [-0.4, -0.2) is 21.8 Å². The molecule has 0 bridgehead atoms. The van der Waals surface area contributed by atoms with Gasteiger partial charge in [-0.25, -0.2) is 4.98 Å². The fourth-order valence-corrected chi connectivity index (χ4v) is 4.14. The zero-order valence-corrected chi connectivity index (χ0v) is 20.2. The summed E-state index contributed by atoms with van der Waals surface area (Å²) in [6.45, 7) is 2.32. The number of oxime groups is 1. The molecule has 0 aliphatic rings. The van der Waals surface area contributed by atoms with E-state index >= 15 is 0 Å². The Morgan fingerprint density at radius 3 is 2.34 bits per heavy atom. The molecule has 7 heteroatoms. The summed E-state index contributed by atoms with van der Waals surface area (Å²) in [5, 5.41) is 16.5. The van der Waals surface area contributed by atoms with Crippen molar-refractivity contribution in [1.82, 2.24) is 4.98 Å². The van der Waals surface area contributed by atoms with E-state index in [-0.39, 0.29) is 13.0 Å². The third-order valence-corrected chi connectivity index (χ3v) is 6.26. The molecule has 0 amide bonds. The number of hydrogen-bond acceptors (Lipinski definition) is 6. The van der Waals surface area contributed by atoms with Crippen LogP contribution in [0.2, 0.25) is 0 Å². The molecule has 0 radical (unpaired) electrons. The van der Waals surface area contributed by atoms with Crippen LogP contribution in [0, 0.1) is 5.92 Å². The Bertz CT molecular complexity index is 1260. The van der Waals surface area contributed by atoms with Gasteiger partial charge in [-0.1, -0.05) is 84.9 Å². The van der Waals surface area contributed by atoms with Crippen molar-refractivity contribution >= 4 is 23.0 Å². The predicted molar refractivity (Wildman–Crippen MR) is 138 cm³/mol. The molecule has 1 aromatic heterocycles. The summed E-state index contributed by atoms with van der Waals surface area (Å²) in [5.74, 6) is -0.680. The van der Waals surface area contributed by atoms with Crippen LogP contribution in [0.25, 0.3) is 10.6 Å². The average Bonchev–Trinajstić information content (AvgIpc) is 3.38. The van der Waals surface area contributed by atoms with Gasteiger partial charge in [0, 0.05) is 17.4 Å². The Balaban J connectivity index is 1.32. The van der Waals surface area contributed by atoms with Gasteiger partial charge in [-0.3, -0.25) is 4.79 Å². The zero-order chi connectivity index (χ0) is 24.5. The van der Waals surface area contributed by atoms with Gasteiger partial charge in [0.1, 0.15) is 24.0 Å². The van der Waals surface area contributed by atoms with E-state index in [4.69, 9.17) is 9.57 Å². The van der Waals surface area contributed by atoms with Gasteiger partial charge >= 0.3 is 5.97 Å². The number of hydrogen-bond donors (Lipinski definition) is 1. The lowest BCUT2D eigenvalue weighted by Gasteiger charge is -2.10. The molecule has 1 unspecified atom stereocenters. The third-order valence-electron chi connectivity index (χ3n) is 5.32. The van der Waals surface area contributed by atoms with Crippen molar-refractivity contribution in [2.75, 3.05) is 0 Å². The van der Waals surface area contributed by atoms with E-state index in [0.29, 0.717) is 12.3 Å². The van der Waals surface area contributed by atoms with Crippen LogP contribution >= 0.6 is 11.3 Å².